The summed E-state index contributed by atoms with van der Waals surface area (Å²) in [6.07, 6.45) is 7.95. The molecule has 0 unspecified atom stereocenters. The minimum Gasteiger partial charge on any atom is -0.382 e. The number of halogens is 1. The van der Waals surface area contributed by atoms with Gasteiger partial charge < -0.3 is 5.32 Å². The molecule has 2 aromatic carbocycles. The second-order valence-corrected chi connectivity index (χ2v) is 11.2. The van der Waals surface area contributed by atoms with Crippen LogP contribution in [-0.2, 0) is 21.9 Å². The summed E-state index contributed by atoms with van der Waals surface area (Å²) in [5.74, 6) is -0.604. The molecule has 0 atom stereocenters. The van der Waals surface area contributed by atoms with Crippen LogP contribution < -0.4 is 10.0 Å². The van der Waals surface area contributed by atoms with Crippen LogP contribution in [0.25, 0.3) is 12.2 Å². The van der Waals surface area contributed by atoms with Crippen LogP contribution in [0.4, 0.5) is 15.8 Å². The highest BCUT2D eigenvalue weighted by atomic mass is 32.2. The highest BCUT2D eigenvalue weighted by molar-refractivity contribution is 7.92. The molecule has 2 aromatic rings. The van der Waals surface area contributed by atoms with Crippen molar-refractivity contribution >= 4 is 33.6 Å². The average Bonchev–Trinajstić information content (AvgIpc) is 2.65. The van der Waals surface area contributed by atoms with Gasteiger partial charge in [0.05, 0.1) is 11.9 Å². The van der Waals surface area contributed by atoms with Gasteiger partial charge >= 0.3 is 0 Å². The van der Waals surface area contributed by atoms with E-state index in [1.54, 1.807) is 6.07 Å². The van der Waals surface area contributed by atoms with Gasteiger partial charge in [0, 0.05) is 17.3 Å². The number of rotatable bonds is 9. The summed E-state index contributed by atoms with van der Waals surface area (Å²) in [7, 11) is -3.58. The fourth-order valence-electron chi connectivity index (χ4n) is 3.35. The minimum absolute atomic E-state index is 0.0647. The van der Waals surface area contributed by atoms with E-state index in [4.69, 9.17) is 0 Å². The van der Waals surface area contributed by atoms with Crippen molar-refractivity contribution in [3.63, 3.8) is 0 Å². The second kappa shape index (κ2) is 10.3. The molecule has 2 rings (SSSR count). The molecule has 6 heteroatoms. The fraction of sp³-hybridized carbons (Fsp3) is 0.385. The Balaban J connectivity index is 2.19. The number of sulfonamides is 1. The highest BCUT2D eigenvalue weighted by Crippen LogP contribution is 2.29. The van der Waals surface area contributed by atoms with Crippen molar-refractivity contribution < 1.29 is 12.8 Å². The van der Waals surface area contributed by atoms with Gasteiger partial charge in [-0.05, 0) is 67.0 Å². The second-order valence-electron chi connectivity index (χ2n) is 9.41. The van der Waals surface area contributed by atoms with E-state index in [0.29, 0.717) is 18.0 Å². The van der Waals surface area contributed by atoms with Crippen molar-refractivity contribution in [2.75, 3.05) is 16.3 Å². The van der Waals surface area contributed by atoms with Crippen LogP contribution in [0.3, 0.4) is 0 Å². The molecule has 4 nitrogen and oxygen atoms in total. The van der Waals surface area contributed by atoms with Crippen LogP contribution in [0.2, 0.25) is 0 Å². The molecule has 0 aliphatic heterocycles. The maximum atomic E-state index is 14.5. The molecule has 0 heterocycles. The van der Waals surface area contributed by atoms with Crippen LogP contribution in [0, 0.1) is 5.82 Å². The van der Waals surface area contributed by atoms with Crippen molar-refractivity contribution in [1.29, 1.82) is 0 Å². The maximum absolute atomic E-state index is 14.5. The fourth-order valence-corrected chi connectivity index (χ4v) is 3.94. The molecule has 0 aromatic heterocycles. The maximum Gasteiger partial charge on any atom is 0.229 e. The summed E-state index contributed by atoms with van der Waals surface area (Å²) >= 11 is 0. The monoisotopic (exact) mass is 458 g/mol. The van der Waals surface area contributed by atoms with Crippen LogP contribution >= 0.6 is 0 Å². The first kappa shape index (κ1) is 25.7. The van der Waals surface area contributed by atoms with Crippen molar-refractivity contribution in [2.24, 2.45) is 0 Å². The lowest BCUT2D eigenvalue weighted by molar-refractivity contribution is 0.590. The number of hydrogen-bond donors (Lipinski definition) is 2. The lowest BCUT2D eigenvalue weighted by atomic mass is 9.86. The molecule has 2 N–H and O–H groups in total. The summed E-state index contributed by atoms with van der Waals surface area (Å²) in [5.41, 5.74) is 4.69. The molecule has 32 heavy (non-hydrogen) atoms. The number of anilines is 2. The first-order valence-electron chi connectivity index (χ1n) is 10.8. The average molecular weight is 459 g/mol. The molecular weight excluding hydrogens is 423 g/mol. The van der Waals surface area contributed by atoms with Crippen LogP contribution in [0.15, 0.2) is 43.0 Å². The molecule has 0 aliphatic carbocycles. The summed E-state index contributed by atoms with van der Waals surface area (Å²) in [6.45, 7) is 14.5. The van der Waals surface area contributed by atoms with Crippen molar-refractivity contribution in [2.45, 2.75) is 58.9 Å². The Hall–Kier alpha value is -2.60. The first-order chi connectivity index (χ1) is 14.8. The molecule has 0 fully saturated rings. The Labute approximate surface area is 192 Å². The molecule has 0 spiro atoms. The van der Waals surface area contributed by atoms with Gasteiger partial charge in [-0.3, -0.25) is 4.72 Å². The zero-order valence-corrected chi connectivity index (χ0v) is 20.7. The van der Waals surface area contributed by atoms with Crippen LogP contribution in [0.1, 0.15) is 63.3 Å². The molecule has 0 saturated carbocycles. The number of hydrogen-bond acceptors (Lipinski definition) is 3. The highest BCUT2D eigenvalue weighted by Gasteiger charge is 2.16. The van der Waals surface area contributed by atoms with Crippen molar-refractivity contribution in [3.05, 3.63) is 71.1 Å². The van der Waals surface area contributed by atoms with Gasteiger partial charge in [-0.15, -0.1) is 0 Å². The van der Waals surface area contributed by atoms with Crippen molar-refractivity contribution in [3.8, 4) is 0 Å². The van der Waals surface area contributed by atoms with E-state index < -0.39 is 15.8 Å². The smallest absolute Gasteiger partial charge is 0.229 e. The molecule has 0 saturated heterocycles. The Bertz CT molecular complexity index is 1100. The number of nitrogens with one attached hydrogen (secondary N) is 2. The van der Waals surface area contributed by atoms with Gasteiger partial charge in [-0.25, -0.2) is 12.8 Å². The van der Waals surface area contributed by atoms with Gasteiger partial charge in [0.15, 0.2) is 0 Å². The van der Waals surface area contributed by atoms with Gasteiger partial charge in [-0.1, -0.05) is 57.7 Å². The van der Waals surface area contributed by atoms with E-state index in [0.717, 1.165) is 29.5 Å². The number of allylic oxidation sites excluding steroid dienone is 1. The van der Waals surface area contributed by atoms with Gasteiger partial charge in [0.25, 0.3) is 0 Å². The molecular formula is C26H35FN2O2S. The SMILES string of the molecule is C=Cc1cc(CC/C=C/c2ccc(C(C)(C)C)cc2NC(C)C)cc(F)c1NS(C)(=O)=O. The number of benzene rings is 2. The molecule has 174 valence electrons. The zero-order valence-electron chi connectivity index (χ0n) is 19.9. The third-order valence-electron chi connectivity index (χ3n) is 4.95. The predicted molar refractivity (Wildman–Crippen MR) is 136 cm³/mol. The summed E-state index contributed by atoms with van der Waals surface area (Å²) < 4.78 is 39.7. The van der Waals surface area contributed by atoms with Crippen LogP contribution in [0.5, 0.6) is 0 Å². The molecule has 0 aliphatic rings. The summed E-state index contributed by atoms with van der Waals surface area (Å²) in [4.78, 5) is 0. The van der Waals surface area contributed by atoms with E-state index in [2.05, 4.69) is 81.6 Å². The Morgan fingerprint density at radius 1 is 1.12 bits per heavy atom. The largest absolute Gasteiger partial charge is 0.382 e. The zero-order chi connectivity index (χ0) is 24.1. The topological polar surface area (TPSA) is 58.2 Å². The minimum atomic E-state index is -3.58. The lowest BCUT2D eigenvalue weighted by Crippen LogP contribution is -2.14. The normalized spacial score (nSPS) is 12.4. The van der Waals surface area contributed by atoms with E-state index in [1.165, 1.54) is 17.7 Å². The summed E-state index contributed by atoms with van der Waals surface area (Å²) in [5, 5.41) is 3.52. The van der Waals surface area contributed by atoms with Gasteiger partial charge in [0.1, 0.15) is 5.82 Å². The standard InChI is InChI=1S/C26H35FN2O2S/c1-8-20-15-19(16-23(27)25(20)29-32(7,30)31)11-9-10-12-21-13-14-22(26(4,5)6)17-24(21)28-18(2)3/h8,10,12-18,28-29H,1,9,11H2,2-7H3/b12-10+. The quantitative estimate of drug-likeness (QED) is 0.445. The van der Waals surface area contributed by atoms with E-state index in [-0.39, 0.29) is 11.1 Å². The van der Waals surface area contributed by atoms with E-state index >= 15 is 0 Å². The Morgan fingerprint density at radius 2 is 1.81 bits per heavy atom. The molecule has 0 radical (unpaired) electrons. The first-order valence-corrected chi connectivity index (χ1v) is 12.7. The molecule has 0 amide bonds. The van der Waals surface area contributed by atoms with E-state index in [9.17, 15) is 12.8 Å². The third-order valence-corrected chi connectivity index (χ3v) is 5.52. The van der Waals surface area contributed by atoms with Crippen molar-refractivity contribution in [1.82, 2.24) is 0 Å². The van der Waals surface area contributed by atoms with Crippen LogP contribution in [-0.4, -0.2) is 20.7 Å². The Kier molecular flexibility index (Phi) is 8.29. The lowest BCUT2D eigenvalue weighted by Gasteiger charge is -2.22. The Morgan fingerprint density at radius 3 is 2.38 bits per heavy atom. The van der Waals surface area contributed by atoms with Gasteiger partial charge in [-0.2, -0.15) is 0 Å². The number of aryl methyl sites for hydroxylation is 1. The predicted octanol–water partition coefficient (Wildman–Crippen LogP) is 6.60. The third kappa shape index (κ3) is 7.52. The molecule has 0 bridgehead atoms. The van der Waals surface area contributed by atoms with E-state index in [1.807, 2.05) is 0 Å². The summed E-state index contributed by atoms with van der Waals surface area (Å²) in [6, 6.07) is 9.95. The van der Waals surface area contributed by atoms with Gasteiger partial charge in [0.2, 0.25) is 10.0 Å².